The highest BCUT2D eigenvalue weighted by Crippen LogP contribution is 2.19. The van der Waals surface area contributed by atoms with Crippen molar-refractivity contribution in [3.63, 3.8) is 0 Å². The Hall–Kier alpha value is -2.64. The molecule has 1 aliphatic heterocycles. The number of carbonyl (C=O) groups excluding carboxylic acids is 2. The van der Waals surface area contributed by atoms with Gasteiger partial charge in [0.15, 0.2) is 6.04 Å². The normalized spacial score (nSPS) is 21.4. The maximum absolute atomic E-state index is 11.7. The Labute approximate surface area is 107 Å². The van der Waals surface area contributed by atoms with Crippen LogP contribution in [0.25, 0.3) is 0 Å². The quantitative estimate of drug-likeness (QED) is 0.378. The number of nitro groups is 1. The molecule has 8 heteroatoms. The third-order valence-electron chi connectivity index (χ3n) is 2.56. The van der Waals surface area contributed by atoms with Crippen molar-refractivity contribution < 1.29 is 24.0 Å². The molecule has 1 aliphatic rings. The first-order chi connectivity index (χ1) is 8.97. The second-order valence-electron chi connectivity index (χ2n) is 3.90. The number of amides is 1. The summed E-state index contributed by atoms with van der Waals surface area (Å²) in [7, 11) is 0. The first-order valence-corrected chi connectivity index (χ1v) is 5.40. The third kappa shape index (κ3) is 2.79. The molecule has 1 aromatic carbocycles. The number of hydrogen-bond acceptors (Lipinski definition) is 6. The zero-order valence-corrected chi connectivity index (χ0v) is 9.86. The predicted molar refractivity (Wildman–Crippen MR) is 61.6 cm³/mol. The van der Waals surface area contributed by atoms with E-state index in [0.29, 0.717) is 0 Å². The van der Waals surface area contributed by atoms with Crippen LogP contribution < -0.4 is 10.1 Å². The lowest BCUT2D eigenvalue weighted by atomic mass is 10.2. The monoisotopic (exact) mass is 266 g/mol. The van der Waals surface area contributed by atoms with Gasteiger partial charge in [-0.05, 0) is 19.1 Å². The lowest BCUT2D eigenvalue weighted by Crippen LogP contribution is -2.40. The number of alkyl carbamates (subject to hydrolysis) is 1. The standard InChI is InChI=1S/C11H10N2O6/c1-6-9(12-11(15)18-6)10(14)19-8-4-2-7(3-5-8)13(16)17/h2-6,9H,1H3,(H,12,15). The highest BCUT2D eigenvalue weighted by atomic mass is 16.6. The molecule has 1 N–H and O–H groups in total. The Morgan fingerprint density at radius 2 is 2.05 bits per heavy atom. The van der Waals surface area contributed by atoms with Crippen molar-refractivity contribution in [2.45, 2.75) is 19.1 Å². The number of cyclic esters (lactones) is 1. The minimum atomic E-state index is -0.886. The summed E-state index contributed by atoms with van der Waals surface area (Å²) in [6.45, 7) is 1.56. The van der Waals surface area contributed by atoms with E-state index in [1.54, 1.807) is 6.92 Å². The van der Waals surface area contributed by atoms with Crippen LogP contribution in [0.4, 0.5) is 10.5 Å². The molecule has 0 aliphatic carbocycles. The zero-order valence-electron chi connectivity index (χ0n) is 9.86. The predicted octanol–water partition coefficient (Wildman–Crippen LogP) is 0.997. The lowest BCUT2D eigenvalue weighted by Gasteiger charge is -2.11. The maximum atomic E-state index is 11.7. The topological polar surface area (TPSA) is 108 Å². The number of nitrogens with one attached hydrogen (secondary N) is 1. The summed E-state index contributed by atoms with van der Waals surface area (Å²) in [6.07, 6.45) is -1.31. The zero-order chi connectivity index (χ0) is 14.0. The third-order valence-corrected chi connectivity index (χ3v) is 2.56. The van der Waals surface area contributed by atoms with E-state index >= 15 is 0 Å². The van der Waals surface area contributed by atoms with Gasteiger partial charge < -0.3 is 14.8 Å². The van der Waals surface area contributed by atoms with Crippen LogP contribution in [0.5, 0.6) is 5.75 Å². The summed E-state index contributed by atoms with van der Waals surface area (Å²) in [5.74, 6) is -0.531. The molecular weight excluding hydrogens is 256 g/mol. The molecule has 8 nitrogen and oxygen atoms in total. The van der Waals surface area contributed by atoms with Gasteiger partial charge in [0, 0.05) is 12.1 Å². The number of non-ortho nitro benzene ring substituents is 1. The molecule has 0 saturated carbocycles. The average molecular weight is 266 g/mol. The number of esters is 1. The van der Waals surface area contributed by atoms with Crippen LogP contribution in [-0.4, -0.2) is 29.1 Å². The molecule has 0 radical (unpaired) electrons. The van der Waals surface area contributed by atoms with Gasteiger partial charge in [-0.1, -0.05) is 0 Å². The van der Waals surface area contributed by atoms with Crippen LogP contribution in [0.1, 0.15) is 6.92 Å². The smallest absolute Gasteiger partial charge is 0.408 e. The molecule has 2 rings (SSSR count). The van der Waals surface area contributed by atoms with E-state index in [1.165, 1.54) is 24.3 Å². The van der Waals surface area contributed by atoms with Gasteiger partial charge in [-0.15, -0.1) is 0 Å². The fourth-order valence-electron chi connectivity index (χ4n) is 1.58. The van der Waals surface area contributed by atoms with Crippen molar-refractivity contribution in [3.05, 3.63) is 34.4 Å². The second kappa shape index (κ2) is 4.92. The van der Waals surface area contributed by atoms with Crippen LogP contribution >= 0.6 is 0 Å². The Kier molecular flexibility index (Phi) is 3.32. The Balaban J connectivity index is 2.03. The van der Waals surface area contributed by atoms with Gasteiger partial charge in [0.05, 0.1) is 4.92 Å². The summed E-state index contributed by atoms with van der Waals surface area (Å²) >= 11 is 0. The Morgan fingerprint density at radius 3 is 2.53 bits per heavy atom. The van der Waals surface area contributed by atoms with Crippen molar-refractivity contribution in [2.75, 3.05) is 0 Å². The molecule has 100 valence electrons. The van der Waals surface area contributed by atoms with Crippen molar-refractivity contribution >= 4 is 17.7 Å². The van der Waals surface area contributed by atoms with Crippen LogP contribution in [0.15, 0.2) is 24.3 Å². The van der Waals surface area contributed by atoms with E-state index < -0.39 is 29.1 Å². The van der Waals surface area contributed by atoms with Crippen LogP contribution in [0, 0.1) is 10.1 Å². The molecule has 1 heterocycles. The van der Waals surface area contributed by atoms with E-state index in [4.69, 9.17) is 9.47 Å². The number of nitrogens with zero attached hydrogens (tertiary/aromatic N) is 1. The number of carbonyl (C=O) groups is 2. The molecular formula is C11H10N2O6. The Bertz CT molecular complexity index is 526. The maximum Gasteiger partial charge on any atom is 0.408 e. The molecule has 19 heavy (non-hydrogen) atoms. The summed E-state index contributed by atoms with van der Waals surface area (Å²) in [5.41, 5.74) is -0.106. The largest absolute Gasteiger partial charge is 0.444 e. The van der Waals surface area contributed by atoms with E-state index in [9.17, 15) is 19.7 Å². The van der Waals surface area contributed by atoms with E-state index in [1.807, 2.05) is 0 Å². The second-order valence-corrected chi connectivity index (χ2v) is 3.90. The van der Waals surface area contributed by atoms with Crippen molar-refractivity contribution in [1.82, 2.24) is 5.32 Å². The molecule has 1 aromatic rings. The SMILES string of the molecule is CC1OC(=O)NC1C(=O)Oc1ccc([N+](=O)[O-])cc1. The number of ether oxygens (including phenoxy) is 2. The van der Waals surface area contributed by atoms with Gasteiger partial charge in [-0.2, -0.15) is 0 Å². The summed E-state index contributed by atoms with van der Waals surface area (Å²) in [4.78, 5) is 32.6. The fourth-order valence-corrected chi connectivity index (χ4v) is 1.58. The van der Waals surface area contributed by atoms with Gasteiger partial charge in [-0.3, -0.25) is 10.1 Å². The number of hydrogen-bond donors (Lipinski definition) is 1. The number of rotatable bonds is 3. The number of benzene rings is 1. The van der Waals surface area contributed by atoms with E-state index in [-0.39, 0.29) is 11.4 Å². The molecule has 1 fully saturated rings. The van der Waals surface area contributed by atoms with Gasteiger partial charge in [0.2, 0.25) is 0 Å². The van der Waals surface area contributed by atoms with E-state index in [2.05, 4.69) is 5.32 Å². The lowest BCUT2D eigenvalue weighted by molar-refractivity contribution is -0.384. The molecule has 0 aromatic heterocycles. The molecule has 0 bridgehead atoms. The first-order valence-electron chi connectivity index (χ1n) is 5.40. The Morgan fingerprint density at radius 1 is 1.42 bits per heavy atom. The van der Waals surface area contributed by atoms with Crippen LogP contribution in [0.2, 0.25) is 0 Å². The molecule has 2 unspecified atom stereocenters. The fraction of sp³-hybridized carbons (Fsp3) is 0.273. The van der Waals surface area contributed by atoms with Gasteiger partial charge >= 0.3 is 12.1 Å². The molecule has 1 amide bonds. The average Bonchev–Trinajstić information content (AvgIpc) is 2.69. The summed E-state index contributed by atoms with van der Waals surface area (Å²) in [5, 5.41) is 12.8. The minimum absolute atomic E-state index is 0.106. The highest BCUT2D eigenvalue weighted by Gasteiger charge is 2.37. The van der Waals surface area contributed by atoms with Gasteiger partial charge in [0.1, 0.15) is 11.9 Å². The van der Waals surface area contributed by atoms with Crippen molar-refractivity contribution in [1.29, 1.82) is 0 Å². The molecule has 0 spiro atoms. The van der Waals surface area contributed by atoms with E-state index in [0.717, 1.165) is 0 Å². The van der Waals surface area contributed by atoms with Gasteiger partial charge in [0.25, 0.3) is 5.69 Å². The first kappa shape index (κ1) is 12.8. The van der Waals surface area contributed by atoms with Crippen molar-refractivity contribution in [2.24, 2.45) is 0 Å². The highest BCUT2D eigenvalue weighted by molar-refractivity contribution is 5.86. The molecule has 1 saturated heterocycles. The summed E-state index contributed by atoms with van der Waals surface area (Å²) in [6, 6.07) is 4.16. The van der Waals surface area contributed by atoms with Crippen molar-refractivity contribution in [3.8, 4) is 5.75 Å². The van der Waals surface area contributed by atoms with Gasteiger partial charge in [-0.25, -0.2) is 9.59 Å². The van der Waals surface area contributed by atoms with Crippen LogP contribution in [0.3, 0.4) is 0 Å². The summed E-state index contributed by atoms with van der Waals surface area (Å²) < 4.78 is 9.74. The number of nitro benzene ring substituents is 1. The van der Waals surface area contributed by atoms with Crippen LogP contribution in [-0.2, 0) is 9.53 Å². The minimum Gasteiger partial charge on any atom is -0.444 e. The molecule has 2 atom stereocenters.